The lowest BCUT2D eigenvalue weighted by Gasteiger charge is -2.13. The Kier molecular flexibility index (Phi) is 3.59. The van der Waals surface area contributed by atoms with Crippen molar-refractivity contribution in [3.8, 4) is 5.75 Å². The molecule has 1 aromatic carbocycles. The van der Waals surface area contributed by atoms with Crippen LogP contribution >= 0.6 is 11.8 Å². The molecule has 5 N–H and O–H groups in total. The molecule has 0 spiro atoms. The number of benzene rings is 1. The van der Waals surface area contributed by atoms with Crippen LogP contribution in [0.4, 0.5) is 0 Å². The minimum absolute atomic E-state index is 0.199. The summed E-state index contributed by atoms with van der Waals surface area (Å²) in [5.74, 6) is 0.233. The Morgan fingerprint density at radius 1 is 1.54 bits per heavy atom. The van der Waals surface area contributed by atoms with Crippen molar-refractivity contribution in [2.45, 2.75) is 10.9 Å². The molecule has 3 nitrogen and oxygen atoms in total. The van der Waals surface area contributed by atoms with E-state index in [9.17, 15) is 5.11 Å². The Labute approximate surface area is 82.1 Å². The van der Waals surface area contributed by atoms with Crippen LogP contribution in [0.5, 0.6) is 5.75 Å². The molecule has 0 saturated heterocycles. The van der Waals surface area contributed by atoms with Crippen molar-refractivity contribution in [1.29, 1.82) is 0 Å². The summed E-state index contributed by atoms with van der Waals surface area (Å²) in [7, 11) is 0. The number of hydrogen-bond acceptors (Lipinski definition) is 4. The zero-order valence-electron chi connectivity index (χ0n) is 7.53. The first-order valence-electron chi connectivity index (χ1n) is 4.01. The number of aromatic hydroxyl groups is 1. The van der Waals surface area contributed by atoms with Gasteiger partial charge < -0.3 is 16.6 Å². The molecule has 1 aromatic rings. The molecule has 0 aliphatic carbocycles. The Morgan fingerprint density at radius 3 is 2.77 bits per heavy atom. The average molecular weight is 198 g/mol. The Morgan fingerprint density at radius 2 is 2.23 bits per heavy atom. The lowest BCUT2D eigenvalue weighted by molar-refractivity contribution is 0.473. The zero-order chi connectivity index (χ0) is 9.84. The van der Waals surface area contributed by atoms with Gasteiger partial charge in [0.05, 0.1) is 0 Å². The smallest absolute Gasteiger partial charge is 0.115 e. The van der Waals surface area contributed by atoms with Crippen LogP contribution in [0.1, 0.15) is 11.6 Å². The van der Waals surface area contributed by atoms with Crippen molar-refractivity contribution in [1.82, 2.24) is 0 Å². The fourth-order valence-electron chi connectivity index (χ4n) is 1.14. The van der Waals surface area contributed by atoms with Crippen LogP contribution in [0.25, 0.3) is 0 Å². The molecule has 0 aromatic heterocycles. The van der Waals surface area contributed by atoms with Crippen molar-refractivity contribution in [3.63, 3.8) is 0 Å². The molecule has 72 valence electrons. The van der Waals surface area contributed by atoms with E-state index < -0.39 is 0 Å². The number of nitrogens with two attached hydrogens (primary N) is 2. The SMILES string of the molecule is CSc1ccc(O)cc1[C@@H](N)CN. The minimum Gasteiger partial charge on any atom is -0.508 e. The minimum atomic E-state index is -0.199. The van der Waals surface area contributed by atoms with E-state index in [1.54, 1.807) is 23.9 Å². The molecule has 0 aliphatic rings. The van der Waals surface area contributed by atoms with Gasteiger partial charge in [-0.1, -0.05) is 0 Å². The molecule has 4 heteroatoms. The number of thioether (sulfide) groups is 1. The molecular formula is C9H14N2OS. The normalized spacial score (nSPS) is 12.8. The third-order valence-electron chi connectivity index (χ3n) is 1.87. The summed E-state index contributed by atoms with van der Waals surface area (Å²) in [6, 6.07) is 4.97. The summed E-state index contributed by atoms with van der Waals surface area (Å²) < 4.78 is 0. The van der Waals surface area contributed by atoms with Crippen LogP contribution in [0.3, 0.4) is 0 Å². The molecule has 0 amide bonds. The quantitative estimate of drug-likeness (QED) is 0.635. The molecule has 0 radical (unpaired) electrons. The molecule has 0 fully saturated rings. The third-order valence-corrected chi connectivity index (χ3v) is 2.68. The maximum Gasteiger partial charge on any atom is 0.115 e. The fourth-order valence-corrected chi connectivity index (χ4v) is 1.79. The van der Waals surface area contributed by atoms with Gasteiger partial charge in [-0.05, 0) is 30.0 Å². The molecule has 1 rings (SSSR count). The maximum atomic E-state index is 9.27. The van der Waals surface area contributed by atoms with Crippen molar-refractivity contribution in [3.05, 3.63) is 23.8 Å². The van der Waals surface area contributed by atoms with Gasteiger partial charge >= 0.3 is 0 Å². The predicted molar refractivity (Wildman–Crippen MR) is 55.9 cm³/mol. The lowest BCUT2D eigenvalue weighted by Crippen LogP contribution is -2.21. The number of hydrogen-bond donors (Lipinski definition) is 3. The summed E-state index contributed by atoms with van der Waals surface area (Å²) in [6.07, 6.45) is 1.97. The third kappa shape index (κ3) is 2.37. The van der Waals surface area contributed by atoms with E-state index in [4.69, 9.17) is 11.5 Å². The highest BCUT2D eigenvalue weighted by atomic mass is 32.2. The summed E-state index contributed by atoms with van der Waals surface area (Å²) in [6.45, 7) is 0.386. The summed E-state index contributed by atoms with van der Waals surface area (Å²) in [5.41, 5.74) is 12.2. The van der Waals surface area contributed by atoms with E-state index in [-0.39, 0.29) is 11.8 Å². The standard InChI is InChI=1S/C9H14N2OS/c1-13-9-3-2-6(12)4-7(9)8(11)5-10/h2-4,8,12H,5,10-11H2,1H3/t8-/m0/s1. The van der Waals surface area contributed by atoms with Gasteiger partial charge in [0, 0.05) is 17.5 Å². The van der Waals surface area contributed by atoms with Crippen LogP contribution in [0, 0.1) is 0 Å². The van der Waals surface area contributed by atoms with E-state index >= 15 is 0 Å². The van der Waals surface area contributed by atoms with Crippen LogP contribution in [0.15, 0.2) is 23.1 Å². The maximum absolute atomic E-state index is 9.27. The highest BCUT2D eigenvalue weighted by Gasteiger charge is 2.09. The zero-order valence-corrected chi connectivity index (χ0v) is 8.34. The van der Waals surface area contributed by atoms with Crippen molar-refractivity contribution < 1.29 is 5.11 Å². The van der Waals surface area contributed by atoms with Crippen LogP contribution < -0.4 is 11.5 Å². The monoisotopic (exact) mass is 198 g/mol. The highest BCUT2D eigenvalue weighted by Crippen LogP contribution is 2.27. The second-order valence-electron chi connectivity index (χ2n) is 2.77. The summed E-state index contributed by atoms with van der Waals surface area (Å²) in [5, 5.41) is 9.27. The van der Waals surface area contributed by atoms with E-state index in [2.05, 4.69) is 0 Å². The predicted octanol–water partition coefficient (Wildman–Crippen LogP) is 1.07. The van der Waals surface area contributed by atoms with E-state index in [1.807, 2.05) is 12.3 Å². The van der Waals surface area contributed by atoms with Gasteiger partial charge in [-0.15, -0.1) is 11.8 Å². The van der Waals surface area contributed by atoms with E-state index in [1.165, 1.54) is 0 Å². The molecule has 1 atom stereocenters. The molecule has 0 bridgehead atoms. The first kappa shape index (κ1) is 10.4. The van der Waals surface area contributed by atoms with Gasteiger partial charge in [-0.25, -0.2) is 0 Å². The topological polar surface area (TPSA) is 72.3 Å². The van der Waals surface area contributed by atoms with Gasteiger partial charge in [0.1, 0.15) is 5.75 Å². The van der Waals surface area contributed by atoms with Crippen molar-refractivity contribution in [2.24, 2.45) is 11.5 Å². The lowest BCUT2D eigenvalue weighted by atomic mass is 10.1. The fraction of sp³-hybridized carbons (Fsp3) is 0.333. The van der Waals surface area contributed by atoms with Gasteiger partial charge in [0.2, 0.25) is 0 Å². The largest absolute Gasteiger partial charge is 0.508 e. The second-order valence-corrected chi connectivity index (χ2v) is 3.62. The first-order chi connectivity index (χ1) is 6.19. The average Bonchev–Trinajstić information content (AvgIpc) is 2.16. The van der Waals surface area contributed by atoms with Crippen LogP contribution in [-0.2, 0) is 0 Å². The number of rotatable bonds is 3. The van der Waals surface area contributed by atoms with Crippen LogP contribution in [-0.4, -0.2) is 17.9 Å². The van der Waals surface area contributed by atoms with Crippen molar-refractivity contribution >= 4 is 11.8 Å². The molecule has 0 heterocycles. The molecule has 0 saturated carbocycles. The molecule has 13 heavy (non-hydrogen) atoms. The Hall–Kier alpha value is -0.710. The summed E-state index contributed by atoms with van der Waals surface area (Å²) >= 11 is 1.60. The first-order valence-corrected chi connectivity index (χ1v) is 5.24. The molecule has 0 unspecified atom stereocenters. The second kappa shape index (κ2) is 4.50. The highest BCUT2D eigenvalue weighted by molar-refractivity contribution is 7.98. The Bertz CT molecular complexity index is 291. The van der Waals surface area contributed by atoms with Crippen molar-refractivity contribution in [2.75, 3.05) is 12.8 Å². The van der Waals surface area contributed by atoms with Gasteiger partial charge in [0.15, 0.2) is 0 Å². The van der Waals surface area contributed by atoms with Gasteiger partial charge in [-0.2, -0.15) is 0 Å². The van der Waals surface area contributed by atoms with Crippen LogP contribution in [0.2, 0.25) is 0 Å². The van der Waals surface area contributed by atoms with E-state index in [0.717, 1.165) is 10.5 Å². The number of phenols is 1. The van der Waals surface area contributed by atoms with E-state index in [0.29, 0.717) is 6.54 Å². The molecular weight excluding hydrogens is 184 g/mol. The Balaban J connectivity index is 3.07. The van der Waals surface area contributed by atoms with Gasteiger partial charge in [-0.3, -0.25) is 0 Å². The number of phenolic OH excluding ortho intramolecular Hbond substituents is 1. The summed E-state index contributed by atoms with van der Waals surface area (Å²) in [4.78, 5) is 1.07. The molecule has 0 aliphatic heterocycles. The van der Waals surface area contributed by atoms with Gasteiger partial charge in [0.25, 0.3) is 0 Å².